The molecule has 0 aromatic heterocycles. The minimum absolute atomic E-state index is 0.124. The zero-order chi connectivity index (χ0) is 18.8. The Labute approximate surface area is 172 Å². The summed E-state index contributed by atoms with van der Waals surface area (Å²) < 4.78 is 7.42. The number of thioether (sulfide) groups is 1. The van der Waals surface area contributed by atoms with E-state index in [1.54, 1.807) is 11.8 Å². The van der Waals surface area contributed by atoms with Gasteiger partial charge in [-0.25, -0.2) is 4.99 Å². The van der Waals surface area contributed by atoms with Crippen LogP contribution in [-0.4, -0.2) is 29.0 Å². The average Bonchev–Trinajstić information content (AvgIpc) is 3.28. The van der Waals surface area contributed by atoms with E-state index >= 15 is 0 Å². The van der Waals surface area contributed by atoms with Crippen LogP contribution in [0, 0.1) is 11.3 Å². The van der Waals surface area contributed by atoms with Crippen LogP contribution in [0.5, 0.6) is 5.75 Å². The Morgan fingerprint density at radius 3 is 2.93 bits per heavy atom. The Morgan fingerprint density at radius 2 is 2.22 bits per heavy atom. The lowest BCUT2D eigenvalue weighted by Crippen LogP contribution is -2.54. The predicted molar refractivity (Wildman–Crippen MR) is 111 cm³/mol. The van der Waals surface area contributed by atoms with Crippen molar-refractivity contribution in [2.45, 2.75) is 56.7 Å². The molecule has 7 heteroatoms. The van der Waals surface area contributed by atoms with Crippen LogP contribution in [0.2, 0.25) is 0 Å². The topological polar surface area (TPSA) is 76.7 Å². The van der Waals surface area contributed by atoms with Gasteiger partial charge in [0.15, 0.2) is 5.17 Å². The molecule has 0 saturated heterocycles. The van der Waals surface area contributed by atoms with Crippen LogP contribution in [0.15, 0.2) is 27.7 Å². The number of hydrogen-bond donors (Lipinski definition) is 2. The molecule has 2 aliphatic heterocycles. The summed E-state index contributed by atoms with van der Waals surface area (Å²) in [4.78, 5) is 17.5. The monoisotopic (exact) mass is 449 g/mol. The van der Waals surface area contributed by atoms with Gasteiger partial charge in [0.05, 0.1) is 0 Å². The van der Waals surface area contributed by atoms with E-state index in [1.807, 2.05) is 12.1 Å². The number of nitrogens with one attached hydrogen (secondary N) is 1. The van der Waals surface area contributed by atoms with Gasteiger partial charge in [-0.15, -0.1) is 0 Å². The molecule has 1 spiro atoms. The first-order valence-electron chi connectivity index (χ1n) is 9.65. The van der Waals surface area contributed by atoms with Crippen molar-refractivity contribution >= 4 is 38.8 Å². The molecule has 5 rings (SSSR count). The number of amides is 1. The molecule has 4 atom stereocenters. The van der Waals surface area contributed by atoms with Crippen LogP contribution in [0.25, 0.3) is 0 Å². The zero-order valence-electron chi connectivity index (χ0n) is 15.3. The van der Waals surface area contributed by atoms with E-state index in [1.165, 1.54) is 0 Å². The molecule has 0 bridgehead atoms. The lowest BCUT2D eigenvalue weighted by atomic mass is 9.67. The second-order valence-corrected chi connectivity index (χ2v) is 10.5. The number of carbonyl (C=O) groups excluding carboxylic acids is 1. The molecule has 2 unspecified atom stereocenters. The van der Waals surface area contributed by atoms with Gasteiger partial charge >= 0.3 is 0 Å². The second-order valence-electron chi connectivity index (χ2n) is 8.61. The van der Waals surface area contributed by atoms with Gasteiger partial charge in [-0.05, 0) is 50.3 Å². The summed E-state index contributed by atoms with van der Waals surface area (Å²) in [6, 6.07) is 6.37. The molecule has 5 nitrogen and oxygen atoms in total. The van der Waals surface area contributed by atoms with Crippen molar-refractivity contribution in [1.29, 1.82) is 0 Å². The summed E-state index contributed by atoms with van der Waals surface area (Å²) in [6.07, 6.45) is 4.91. The third kappa shape index (κ3) is 2.89. The minimum atomic E-state index is -0.357. The van der Waals surface area contributed by atoms with Crippen molar-refractivity contribution in [3.8, 4) is 5.75 Å². The fourth-order valence-corrected chi connectivity index (χ4v) is 6.16. The van der Waals surface area contributed by atoms with Gasteiger partial charge in [0.2, 0.25) is 5.91 Å². The van der Waals surface area contributed by atoms with E-state index in [0.29, 0.717) is 5.17 Å². The molecule has 2 fully saturated rings. The predicted octanol–water partition coefficient (Wildman–Crippen LogP) is 3.55. The van der Waals surface area contributed by atoms with E-state index in [0.717, 1.165) is 53.6 Å². The van der Waals surface area contributed by atoms with Crippen LogP contribution in [0.4, 0.5) is 0 Å². The average molecular weight is 450 g/mol. The number of rotatable bonds is 2. The second kappa shape index (κ2) is 6.14. The zero-order valence-corrected chi connectivity index (χ0v) is 17.7. The first-order chi connectivity index (χ1) is 12.9. The van der Waals surface area contributed by atoms with Gasteiger partial charge < -0.3 is 15.8 Å². The quantitative estimate of drug-likeness (QED) is 0.723. The largest absolute Gasteiger partial charge is 0.490 e. The van der Waals surface area contributed by atoms with Gasteiger partial charge in [-0.1, -0.05) is 34.6 Å². The van der Waals surface area contributed by atoms with E-state index < -0.39 is 0 Å². The van der Waals surface area contributed by atoms with Gasteiger partial charge in [-0.3, -0.25) is 4.79 Å². The number of amidine groups is 1. The highest BCUT2D eigenvalue weighted by molar-refractivity contribution is 9.10. The van der Waals surface area contributed by atoms with Gasteiger partial charge in [0.25, 0.3) is 0 Å². The van der Waals surface area contributed by atoms with Crippen LogP contribution in [0.3, 0.4) is 0 Å². The highest BCUT2D eigenvalue weighted by Gasteiger charge is 2.55. The number of carbonyl (C=O) groups is 1. The van der Waals surface area contributed by atoms with Crippen molar-refractivity contribution in [3.63, 3.8) is 0 Å². The third-order valence-electron chi connectivity index (χ3n) is 6.72. The van der Waals surface area contributed by atoms with Crippen molar-refractivity contribution in [1.82, 2.24) is 5.32 Å². The van der Waals surface area contributed by atoms with Crippen molar-refractivity contribution in [2.24, 2.45) is 22.1 Å². The van der Waals surface area contributed by atoms with Gasteiger partial charge in [0, 0.05) is 33.2 Å². The number of ether oxygens (including phenoxy) is 1. The first-order valence-corrected chi connectivity index (χ1v) is 11.4. The molecule has 1 aromatic carbocycles. The highest BCUT2D eigenvalue weighted by Crippen LogP contribution is 2.55. The van der Waals surface area contributed by atoms with Crippen molar-refractivity contribution in [2.75, 3.05) is 5.75 Å². The Hall–Kier alpha value is -1.21. The highest BCUT2D eigenvalue weighted by atomic mass is 79.9. The number of halogens is 1. The normalized spacial score (nSPS) is 35.6. The van der Waals surface area contributed by atoms with Crippen LogP contribution in [-0.2, 0) is 10.3 Å². The lowest BCUT2D eigenvalue weighted by molar-refractivity contribution is -0.127. The van der Waals surface area contributed by atoms with E-state index in [2.05, 4.69) is 34.2 Å². The van der Waals surface area contributed by atoms with Gasteiger partial charge in [0.1, 0.15) is 17.4 Å². The molecular weight excluding hydrogens is 426 g/mol. The first kappa shape index (κ1) is 17.9. The molecule has 2 aliphatic carbocycles. The molecule has 2 heterocycles. The van der Waals surface area contributed by atoms with E-state index in [-0.39, 0.29) is 34.9 Å². The molecule has 1 aromatic rings. The van der Waals surface area contributed by atoms with E-state index in [4.69, 9.17) is 15.5 Å². The number of hydrogen-bond acceptors (Lipinski definition) is 5. The lowest BCUT2D eigenvalue weighted by Gasteiger charge is -2.48. The molecule has 3 N–H and O–H groups in total. The third-order valence-corrected chi connectivity index (χ3v) is 8.18. The van der Waals surface area contributed by atoms with E-state index in [9.17, 15) is 4.79 Å². The van der Waals surface area contributed by atoms with Crippen LogP contribution >= 0.6 is 27.7 Å². The minimum Gasteiger partial charge on any atom is -0.490 e. The summed E-state index contributed by atoms with van der Waals surface area (Å²) in [5.74, 6) is 2.19. The SMILES string of the molecule is CC1(C(=O)NC2CC[C@@H]3Oc4ccc(Br)cc4C4(CSC(N)=N4)[C@H]3C2)CC1. The van der Waals surface area contributed by atoms with Gasteiger partial charge in [-0.2, -0.15) is 0 Å². The summed E-state index contributed by atoms with van der Waals surface area (Å²) in [7, 11) is 0. The summed E-state index contributed by atoms with van der Waals surface area (Å²) in [5, 5.41) is 3.97. The van der Waals surface area contributed by atoms with Crippen molar-refractivity contribution < 1.29 is 9.53 Å². The standard InChI is InChI=1S/C20H24BrN3O2S/c1-19(6-7-19)17(25)23-12-3-5-16-14(9-12)20(10-27-18(22)24-20)13-8-11(21)2-4-15(13)26-16/h2,4,8,12,14,16H,3,5-7,9-10H2,1H3,(H2,22,24)(H,23,25)/t12?,14-,16-,20?/m0/s1. The Balaban J connectivity index is 1.47. The maximum atomic E-state index is 12.6. The molecular formula is C20H24BrN3O2S. The maximum absolute atomic E-state index is 12.6. The number of nitrogens with two attached hydrogens (primary N) is 1. The number of benzene rings is 1. The molecule has 27 heavy (non-hydrogen) atoms. The fourth-order valence-electron chi connectivity index (χ4n) is 4.77. The Morgan fingerprint density at radius 1 is 1.41 bits per heavy atom. The molecule has 0 radical (unpaired) electrons. The maximum Gasteiger partial charge on any atom is 0.226 e. The van der Waals surface area contributed by atoms with Crippen molar-refractivity contribution in [3.05, 3.63) is 28.2 Å². The summed E-state index contributed by atoms with van der Waals surface area (Å²) >= 11 is 5.23. The fraction of sp³-hybridized carbons (Fsp3) is 0.600. The van der Waals surface area contributed by atoms with Crippen LogP contribution < -0.4 is 15.8 Å². The Bertz CT molecular complexity index is 841. The summed E-state index contributed by atoms with van der Waals surface area (Å²) in [6.45, 7) is 2.06. The molecule has 2 saturated carbocycles. The smallest absolute Gasteiger partial charge is 0.226 e. The number of fused-ring (bicyclic) bond motifs is 4. The number of nitrogens with zero attached hydrogens (tertiary/aromatic N) is 1. The number of aliphatic imine (C=N–C) groups is 1. The molecule has 4 aliphatic rings. The van der Waals surface area contributed by atoms with Crippen LogP contribution in [0.1, 0.15) is 44.6 Å². The Kier molecular flexibility index (Phi) is 4.06. The molecule has 1 amide bonds. The molecule has 144 valence electrons. The summed E-state index contributed by atoms with van der Waals surface area (Å²) in [5.41, 5.74) is 6.75.